The summed E-state index contributed by atoms with van der Waals surface area (Å²) in [5, 5.41) is 2.96. The van der Waals surface area contributed by atoms with Crippen molar-refractivity contribution in [3.8, 4) is 0 Å². The fraction of sp³-hybridized carbons (Fsp3) is 0.615. The van der Waals surface area contributed by atoms with Crippen LogP contribution in [-0.2, 0) is 4.79 Å². The molecule has 0 bridgehead atoms. The van der Waals surface area contributed by atoms with E-state index >= 15 is 0 Å². The number of furan rings is 1. The maximum atomic E-state index is 12.2. The average molecular weight is 238 g/mol. The molecule has 4 heteroatoms. The Labute approximate surface area is 103 Å². The quantitative estimate of drug-likeness (QED) is 0.798. The van der Waals surface area contributed by atoms with Gasteiger partial charge in [-0.2, -0.15) is 0 Å². The summed E-state index contributed by atoms with van der Waals surface area (Å²) in [6.45, 7) is 6.26. The fourth-order valence-electron chi connectivity index (χ4n) is 1.91. The number of hydrogen-bond donors (Lipinski definition) is 2. The van der Waals surface area contributed by atoms with Gasteiger partial charge in [-0.3, -0.25) is 4.79 Å². The van der Waals surface area contributed by atoms with Gasteiger partial charge < -0.3 is 15.5 Å². The van der Waals surface area contributed by atoms with Crippen molar-refractivity contribution in [3.05, 3.63) is 24.2 Å². The summed E-state index contributed by atoms with van der Waals surface area (Å²) in [7, 11) is 0. The van der Waals surface area contributed by atoms with Gasteiger partial charge in [0, 0.05) is 6.54 Å². The van der Waals surface area contributed by atoms with Crippen LogP contribution < -0.4 is 11.1 Å². The first-order valence-electron chi connectivity index (χ1n) is 6.14. The molecule has 0 radical (unpaired) electrons. The van der Waals surface area contributed by atoms with Crippen LogP contribution in [0.4, 0.5) is 0 Å². The average Bonchev–Trinajstić information content (AvgIpc) is 2.85. The van der Waals surface area contributed by atoms with Crippen molar-refractivity contribution in [2.24, 2.45) is 11.1 Å². The van der Waals surface area contributed by atoms with Gasteiger partial charge in [-0.05, 0) is 31.9 Å². The second-order valence-corrected chi connectivity index (χ2v) is 4.40. The smallest absolute Gasteiger partial charge is 0.228 e. The Bertz CT molecular complexity index is 334. The van der Waals surface area contributed by atoms with Crippen LogP contribution in [0.1, 0.15) is 45.4 Å². The molecule has 4 nitrogen and oxygen atoms in total. The zero-order valence-corrected chi connectivity index (χ0v) is 10.8. The van der Waals surface area contributed by atoms with Crippen LogP contribution in [0.15, 0.2) is 22.8 Å². The monoisotopic (exact) mass is 238 g/mol. The van der Waals surface area contributed by atoms with Crippen LogP contribution in [0, 0.1) is 5.41 Å². The van der Waals surface area contributed by atoms with E-state index in [-0.39, 0.29) is 11.9 Å². The lowest BCUT2D eigenvalue weighted by Gasteiger charge is -2.29. The molecule has 0 aliphatic carbocycles. The number of amides is 1. The van der Waals surface area contributed by atoms with Gasteiger partial charge >= 0.3 is 0 Å². The van der Waals surface area contributed by atoms with Crippen LogP contribution >= 0.6 is 0 Å². The highest BCUT2D eigenvalue weighted by atomic mass is 16.3. The first-order chi connectivity index (χ1) is 8.09. The molecule has 1 heterocycles. The Hall–Kier alpha value is -1.29. The fourth-order valence-corrected chi connectivity index (χ4v) is 1.91. The minimum absolute atomic E-state index is 0.00824. The summed E-state index contributed by atoms with van der Waals surface area (Å²) in [6, 6.07) is 3.54. The van der Waals surface area contributed by atoms with E-state index in [9.17, 15) is 4.79 Å². The van der Waals surface area contributed by atoms with E-state index in [2.05, 4.69) is 5.32 Å². The predicted octanol–water partition coefficient (Wildman–Crippen LogP) is 2.22. The Kier molecular flexibility index (Phi) is 4.75. The van der Waals surface area contributed by atoms with Gasteiger partial charge in [0.15, 0.2) is 0 Å². The molecule has 0 unspecified atom stereocenters. The van der Waals surface area contributed by atoms with E-state index in [0.29, 0.717) is 6.54 Å². The summed E-state index contributed by atoms with van der Waals surface area (Å²) in [5.41, 5.74) is 5.28. The molecule has 96 valence electrons. The maximum Gasteiger partial charge on any atom is 0.228 e. The van der Waals surface area contributed by atoms with E-state index in [0.717, 1.165) is 18.6 Å². The normalized spacial score (nSPS) is 13.4. The number of nitrogens with one attached hydrogen (secondary N) is 1. The van der Waals surface area contributed by atoms with Crippen LogP contribution in [0.2, 0.25) is 0 Å². The molecule has 17 heavy (non-hydrogen) atoms. The van der Waals surface area contributed by atoms with E-state index in [1.165, 1.54) is 0 Å². The molecule has 0 spiro atoms. The summed E-state index contributed by atoms with van der Waals surface area (Å²) in [4.78, 5) is 12.2. The first kappa shape index (κ1) is 13.8. The molecule has 1 aromatic rings. The Balaban J connectivity index is 2.71. The predicted molar refractivity (Wildman–Crippen MR) is 67.3 cm³/mol. The van der Waals surface area contributed by atoms with Crippen LogP contribution in [0.3, 0.4) is 0 Å². The number of nitrogens with two attached hydrogens (primary N) is 1. The second kappa shape index (κ2) is 5.87. The molecule has 0 aliphatic heterocycles. The Morgan fingerprint density at radius 1 is 1.53 bits per heavy atom. The van der Waals surface area contributed by atoms with Gasteiger partial charge in [0.05, 0.1) is 17.7 Å². The summed E-state index contributed by atoms with van der Waals surface area (Å²) in [6.07, 6.45) is 3.10. The largest absolute Gasteiger partial charge is 0.467 e. The van der Waals surface area contributed by atoms with Crippen molar-refractivity contribution >= 4 is 5.91 Å². The lowest BCUT2D eigenvalue weighted by Crippen LogP contribution is -2.45. The van der Waals surface area contributed by atoms with E-state index in [1.54, 1.807) is 6.26 Å². The molecule has 0 aliphatic rings. The van der Waals surface area contributed by atoms with Crippen molar-refractivity contribution in [1.82, 2.24) is 5.32 Å². The standard InChI is InChI=1S/C13H22N2O2/c1-4-13(5-2,9-14)12(16)15-10(3)11-7-6-8-17-11/h6-8,10H,4-5,9,14H2,1-3H3,(H,15,16)/t10-/m0/s1. The highest BCUT2D eigenvalue weighted by molar-refractivity contribution is 5.83. The molecule has 3 N–H and O–H groups in total. The third-order valence-electron chi connectivity index (χ3n) is 3.54. The lowest BCUT2D eigenvalue weighted by atomic mass is 9.81. The van der Waals surface area contributed by atoms with E-state index < -0.39 is 5.41 Å². The van der Waals surface area contributed by atoms with Crippen molar-refractivity contribution in [3.63, 3.8) is 0 Å². The van der Waals surface area contributed by atoms with E-state index in [1.807, 2.05) is 32.9 Å². The topological polar surface area (TPSA) is 68.3 Å². The minimum Gasteiger partial charge on any atom is -0.467 e. The third-order valence-corrected chi connectivity index (χ3v) is 3.54. The van der Waals surface area contributed by atoms with Crippen molar-refractivity contribution in [2.45, 2.75) is 39.7 Å². The SMILES string of the molecule is CCC(CC)(CN)C(=O)N[C@@H](C)c1ccco1. The Morgan fingerprint density at radius 2 is 2.18 bits per heavy atom. The molecular formula is C13H22N2O2. The molecule has 1 aromatic heterocycles. The van der Waals surface area contributed by atoms with E-state index in [4.69, 9.17) is 10.2 Å². The molecule has 0 saturated heterocycles. The minimum atomic E-state index is -0.457. The zero-order valence-electron chi connectivity index (χ0n) is 10.8. The van der Waals surface area contributed by atoms with Crippen molar-refractivity contribution < 1.29 is 9.21 Å². The third kappa shape index (κ3) is 2.88. The first-order valence-corrected chi connectivity index (χ1v) is 6.14. The van der Waals surface area contributed by atoms with Crippen LogP contribution in [0.5, 0.6) is 0 Å². The zero-order chi connectivity index (χ0) is 12.9. The van der Waals surface area contributed by atoms with Gasteiger partial charge in [0.2, 0.25) is 5.91 Å². The highest BCUT2D eigenvalue weighted by Gasteiger charge is 2.34. The molecule has 0 saturated carbocycles. The summed E-state index contributed by atoms with van der Waals surface area (Å²) >= 11 is 0. The number of carbonyl (C=O) groups excluding carboxylic acids is 1. The Morgan fingerprint density at radius 3 is 2.59 bits per heavy atom. The van der Waals surface area contributed by atoms with Crippen LogP contribution in [-0.4, -0.2) is 12.5 Å². The molecule has 0 aromatic carbocycles. The molecule has 1 rings (SSSR count). The maximum absolute atomic E-state index is 12.2. The van der Waals surface area contributed by atoms with Crippen molar-refractivity contribution in [1.29, 1.82) is 0 Å². The second-order valence-electron chi connectivity index (χ2n) is 4.40. The van der Waals surface area contributed by atoms with Crippen molar-refractivity contribution in [2.75, 3.05) is 6.54 Å². The molecular weight excluding hydrogens is 216 g/mol. The van der Waals surface area contributed by atoms with Gasteiger partial charge in [-0.1, -0.05) is 13.8 Å². The number of hydrogen-bond acceptors (Lipinski definition) is 3. The van der Waals surface area contributed by atoms with Gasteiger partial charge in [-0.25, -0.2) is 0 Å². The van der Waals surface area contributed by atoms with Gasteiger partial charge in [0.1, 0.15) is 5.76 Å². The lowest BCUT2D eigenvalue weighted by molar-refractivity contribution is -0.131. The summed E-state index contributed by atoms with van der Waals surface area (Å²) in [5.74, 6) is 0.769. The summed E-state index contributed by atoms with van der Waals surface area (Å²) < 4.78 is 5.26. The number of carbonyl (C=O) groups is 1. The number of rotatable bonds is 6. The highest BCUT2D eigenvalue weighted by Crippen LogP contribution is 2.26. The van der Waals surface area contributed by atoms with Crippen LogP contribution in [0.25, 0.3) is 0 Å². The molecule has 0 fully saturated rings. The molecule has 1 amide bonds. The molecule has 1 atom stereocenters. The van der Waals surface area contributed by atoms with Gasteiger partial charge in [-0.15, -0.1) is 0 Å². The van der Waals surface area contributed by atoms with Gasteiger partial charge in [0.25, 0.3) is 0 Å².